The number of carbonyl (C=O) groups is 3. The third-order valence-electron chi connectivity index (χ3n) is 6.56. The van der Waals surface area contributed by atoms with E-state index in [9.17, 15) is 24.1 Å². The predicted octanol–water partition coefficient (Wildman–Crippen LogP) is 5.95. The maximum absolute atomic E-state index is 13.8. The van der Waals surface area contributed by atoms with Gasteiger partial charge in [0.15, 0.2) is 0 Å². The first-order valence-electron chi connectivity index (χ1n) is 13.7. The average molecular weight is 654 g/mol. The summed E-state index contributed by atoms with van der Waals surface area (Å²) in [7, 11) is -2.98. The van der Waals surface area contributed by atoms with Crippen molar-refractivity contribution in [3.8, 4) is 23.0 Å². The number of nitrogens with zero attached hydrogens (tertiary/aromatic N) is 1. The van der Waals surface area contributed by atoms with Crippen molar-refractivity contribution in [1.29, 1.82) is 0 Å². The van der Waals surface area contributed by atoms with E-state index in [0.717, 1.165) is 12.8 Å². The summed E-state index contributed by atoms with van der Waals surface area (Å²) in [5.41, 5.74) is 0.769. The number of pyridine rings is 1. The van der Waals surface area contributed by atoms with E-state index < -0.39 is 25.6 Å². The number of benzene rings is 3. The number of para-hydroxylation sites is 1. The van der Waals surface area contributed by atoms with Gasteiger partial charge in [-0.25, -0.2) is 14.4 Å². The van der Waals surface area contributed by atoms with Gasteiger partial charge in [-0.05, 0) is 56.2 Å². The molecule has 2 atom stereocenters. The first-order chi connectivity index (χ1) is 21.5. The number of anilines is 1. The lowest BCUT2D eigenvalue weighted by atomic mass is 10.1. The van der Waals surface area contributed by atoms with E-state index >= 15 is 0 Å². The Morgan fingerprint density at radius 2 is 1.78 bits per heavy atom. The molecule has 0 spiro atoms. The number of urea groups is 1. The van der Waals surface area contributed by atoms with Gasteiger partial charge in [0.2, 0.25) is 0 Å². The van der Waals surface area contributed by atoms with Crippen LogP contribution in [0.1, 0.15) is 30.1 Å². The Morgan fingerprint density at radius 3 is 2.44 bits per heavy atom. The molecule has 3 aromatic carbocycles. The Kier molecular flexibility index (Phi) is 9.43. The van der Waals surface area contributed by atoms with E-state index in [-0.39, 0.29) is 34.2 Å². The van der Waals surface area contributed by atoms with Crippen LogP contribution in [0.2, 0.25) is 5.02 Å². The second-order valence-corrected chi connectivity index (χ2v) is 12.3. The minimum Gasteiger partial charge on any atom is -0.496 e. The number of halogens is 1. The number of carboxylic acid groups (broad SMARTS) is 1. The number of carboxylic acids is 1. The summed E-state index contributed by atoms with van der Waals surface area (Å²) in [6.07, 6.45) is 3.41. The smallest absolute Gasteiger partial charge is 0.420 e. The number of fused-ring (bicyclic) bond motifs is 1. The van der Waals surface area contributed by atoms with Crippen molar-refractivity contribution in [2.24, 2.45) is 0 Å². The molecule has 4 aromatic rings. The van der Waals surface area contributed by atoms with Gasteiger partial charge in [-0.1, -0.05) is 29.8 Å². The largest absolute Gasteiger partial charge is 0.496 e. The molecule has 1 fully saturated rings. The zero-order valence-electron chi connectivity index (χ0n) is 24.1. The van der Waals surface area contributed by atoms with Crippen LogP contribution in [-0.4, -0.2) is 47.2 Å². The highest BCUT2D eigenvalue weighted by Crippen LogP contribution is 2.41. The number of hydrogen-bond acceptors (Lipinski definition) is 8. The summed E-state index contributed by atoms with van der Waals surface area (Å²) in [4.78, 5) is 41.6. The molecule has 15 heteroatoms. The molecule has 1 aromatic heterocycles. The van der Waals surface area contributed by atoms with Crippen molar-refractivity contribution in [2.75, 3.05) is 12.4 Å². The molecule has 1 saturated carbocycles. The molecule has 45 heavy (non-hydrogen) atoms. The van der Waals surface area contributed by atoms with Gasteiger partial charge in [0.05, 0.1) is 28.9 Å². The van der Waals surface area contributed by atoms with Crippen LogP contribution in [0.3, 0.4) is 0 Å². The fraction of sp³-hybridized carbons (Fsp3) is 0.200. The molecule has 0 aliphatic heterocycles. The van der Waals surface area contributed by atoms with Crippen LogP contribution < -0.4 is 34.8 Å². The van der Waals surface area contributed by atoms with E-state index in [1.807, 2.05) is 0 Å². The van der Waals surface area contributed by atoms with Gasteiger partial charge in [0.1, 0.15) is 29.0 Å². The minimum atomic E-state index is -4.34. The molecular weight excluding hydrogens is 625 g/mol. The van der Waals surface area contributed by atoms with E-state index in [1.54, 1.807) is 36.4 Å². The first-order valence-corrected chi connectivity index (χ1v) is 15.7. The van der Waals surface area contributed by atoms with Crippen molar-refractivity contribution in [3.63, 3.8) is 0 Å². The van der Waals surface area contributed by atoms with Gasteiger partial charge < -0.3 is 29.7 Å². The van der Waals surface area contributed by atoms with Crippen molar-refractivity contribution >= 4 is 53.8 Å². The van der Waals surface area contributed by atoms with Crippen LogP contribution in [0.5, 0.6) is 23.0 Å². The van der Waals surface area contributed by atoms with Crippen LogP contribution in [0.25, 0.3) is 10.9 Å². The third-order valence-corrected chi connectivity index (χ3v) is 8.56. The Morgan fingerprint density at radius 1 is 1.02 bits per heavy atom. The highest BCUT2D eigenvalue weighted by Gasteiger charge is 2.33. The Hall–Kier alpha value is -4.84. The lowest BCUT2D eigenvalue weighted by molar-refractivity contribution is -0.138. The van der Waals surface area contributed by atoms with Gasteiger partial charge in [-0.15, -0.1) is 0 Å². The highest BCUT2D eigenvalue weighted by molar-refractivity contribution is 7.56. The second-order valence-electron chi connectivity index (χ2n) is 10.1. The lowest BCUT2D eigenvalue weighted by Gasteiger charge is -2.23. The molecule has 0 saturated heterocycles. The number of hydrogen-bond donors (Lipinski definition) is 5. The molecule has 0 radical (unpaired) electrons. The first kappa shape index (κ1) is 31.6. The molecule has 13 nitrogen and oxygen atoms in total. The zero-order chi connectivity index (χ0) is 32.1. The summed E-state index contributed by atoms with van der Waals surface area (Å²) in [5, 5.41) is 20.3. The van der Waals surface area contributed by atoms with Crippen molar-refractivity contribution in [1.82, 2.24) is 20.5 Å². The molecule has 2 unspecified atom stereocenters. The number of methoxy groups -OCH3 is 1. The number of aromatic nitrogens is 1. The van der Waals surface area contributed by atoms with Gasteiger partial charge >= 0.3 is 19.7 Å². The van der Waals surface area contributed by atoms with Gasteiger partial charge in [-0.3, -0.25) is 19.7 Å². The number of carbonyl (C=O) groups excluding carboxylic acids is 2. The minimum absolute atomic E-state index is 0.0521. The molecule has 234 valence electrons. The maximum atomic E-state index is 13.8. The summed E-state index contributed by atoms with van der Waals surface area (Å²) in [5.74, 6) is -1.29. The summed E-state index contributed by atoms with van der Waals surface area (Å²) in [6, 6.07) is 15.8. The van der Waals surface area contributed by atoms with E-state index in [0.29, 0.717) is 28.1 Å². The molecule has 5 N–H and O–H groups in total. The molecule has 1 aliphatic rings. The number of ether oxygens (including phenoxy) is 2. The van der Waals surface area contributed by atoms with Crippen LogP contribution in [-0.2, 0) is 9.36 Å². The summed E-state index contributed by atoms with van der Waals surface area (Å²) < 4.78 is 30.9. The normalized spacial score (nSPS) is 14.5. The Labute approximate surface area is 262 Å². The molecular formula is C30H29ClN5O8P. The lowest BCUT2D eigenvalue weighted by Crippen LogP contribution is -2.39. The molecule has 5 rings (SSSR count). The standard InChI is InChI=1S/C30H29ClN5O8P/c1-17(29(38)39)35-45(41,44-19-6-4-3-5-7-19)36-28(37)22-15-21-25(16-27(22)42-2)32-13-12-26(21)43-20-10-11-24(23(31)14-20)34-30(40)33-18-8-9-18/h3-7,10-18H,8-9H2,1-2H3,(H,38,39)(H2,33,34,40)(H2,35,36,37,41). The fourth-order valence-electron chi connectivity index (χ4n) is 4.16. The van der Waals surface area contributed by atoms with Crippen LogP contribution >= 0.6 is 19.3 Å². The van der Waals surface area contributed by atoms with Crippen LogP contribution in [0, 0.1) is 0 Å². The third kappa shape index (κ3) is 8.01. The van der Waals surface area contributed by atoms with E-state index in [4.69, 9.17) is 25.6 Å². The van der Waals surface area contributed by atoms with Crippen molar-refractivity contribution in [2.45, 2.75) is 31.8 Å². The van der Waals surface area contributed by atoms with Gasteiger partial charge in [0.25, 0.3) is 5.91 Å². The molecule has 0 bridgehead atoms. The number of nitrogens with one attached hydrogen (secondary N) is 4. The topological polar surface area (TPSA) is 177 Å². The summed E-state index contributed by atoms with van der Waals surface area (Å²) in [6.45, 7) is 1.26. The maximum Gasteiger partial charge on any atom is 0.420 e. The van der Waals surface area contributed by atoms with Gasteiger partial charge in [-0.2, -0.15) is 0 Å². The number of rotatable bonds is 12. The fourth-order valence-corrected chi connectivity index (χ4v) is 5.97. The quantitative estimate of drug-likeness (QED) is 0.115. The van der Waals surface area contributed by atoms with E-state index in [2.05, 4.69) is 25.8 Å². The highest BCUT2D eigenvalue weighted by atomic mass is 35.5. The number of amides is 3. The average Bonchev–Trinajstić information content (AvgIpc) is 3.82. The zero-order valence-corrected chi connectivity index (χ0v) is 25.7. The van der Waals surface area contributed by atoms with Crippen molar-refractivity contribution in [3.05, 3.63) is 83.5 Å². The van der Waals surface area contributed by atoms with Gasteiger partial charge in [0, 0.05) is 29.8 Å². The Bertz CT molecular complexity index is 1800. The summed E-state index contributed by atoms with van der Waals surface area (Å²) >= 11 is 6.41. The SMILES string of the molecule is COc1cc2nccc(Oc3ccc(NC(=O)NC4CC4)c(Cl)c3)c2cc1C(=O)NP(=O)(NC(C)C(=O)O)Oc1ccccc1. The molecule has 1 aliphatic carbocycles. The monoisotopic (exact) mass is 653 g/mol. The second kappa shape index (κ2) is 13.4. The van der Waals surface area contributed by atoms with Crippen molar-refractivity contribution < 1.29 is 38.1 Å². The van der Waals surface area contributed by atoms with E-state index in [1.165, 1.54) is 50.6 Å². The number of aliphatic carboxylic acids is 1. The van der Waals surface area contributed by atoms with Crippen LogP contribution in [0.15, 0.2) is 72.9 Å². The molecule has 1 heterocycles. The Balaban J connectivity index is 1.42. The predicted molar refractivity (Wildman–Crippen MR) is 167 cm³/mol. The van der Waals surface area contributed by atoms with Crippen LogP contribution in [0.4, 0.5) is 10.5 Å². The molecule has 3 amide bonds.